The fraction of sp³-hybridized carbons (Fsp3) is 0.0769. The van der Waals surface area contributed by atoms with Crippen LogP contribution in [0.15, 0.2) is 42.5 Å². The van der Waals surface area contributed by atoms with E-state index >= 15 is 0 Å². The highest BCUT2D eigenvalue weighted by molar-refractivity contribution is 5.43. The normalized spacial score (nSPS) is 10.1. The van der Waals surface area contributed by atoms with Crippen LogP contribution in [-0.4, -0.2) is 15.3 Å². The van der Waals surface area contributed by atoms with Crippen LogP contribution in [0, 0.1) is 0 Å². The maximum atomic E-state index is 9.52. The Kier molecular flexibility index (Phi) is 3.05. The van der Waals surface area contributed by atoms with Gasteiger partial charge in [0.1, 0.15) is 18.1 Å². The Bertz CT molecular complexity index is 523. The van der Waals surface area contributed by atoms with Crippen molar-refractivity contribution >= 4 is 0 Å². The maximum Gasteiger partial charge on any atom is 0.161 e. The van der Waals surface area contributed by atoms with Gasteiger partial charge in [0.15, 0.2) is 11.5 Å². The molecule has 0 aliphatic carbocycles. The maximum absolute atomic E-state index is 9.52. The van der Waals surface area contributed by atoms with E-state index in [4.69, 9.17) is 9.84 Å². The van der Waals surface area contributed by atoms with Crippen molar-refractivity contribution in [1.82, 2.24) is 0 Å². The van der Waals surface area contributed by atoms with E-state index < -0.39 is 0 Å². The summed E-state index contributed by atoms with van der Waals surface area (Å²) in [6.07, 6.45) is 0. The van der Waals surface area contributed by atoms with E-state index in [0.29, 0.717) is 11.3 Å². The first-order chi connectivity index (χ1) is 8.16. The van der Waals surface area contributed by atoms with Gasteiger partial charge in [0.2, 0.25) is 0 Å². The lowest BCUT2D eigenvalue weighted by Gasteiger charge is -2.08. The van der Waals surface area contributed by atoms with Crippen molar-refractivity contribution in [1.29, 1.82) is 0 Å². The average molecular weight is 232 g/mol. The van der Waals surface area contributed by atoms with Gasteiger partial charge >= 0.3 is 0 Å². The molecule has 0 aliphatic heterocycles. The molecule has 0 aliphatic rings. The number of phenols is 3. The van der Waals surface area contributed by atoms with Crippen molar-refractivity contribution in [2.24, 2.45) is 0 Å². The Labute approximate surface area is 98.3 Å². The molecule has 0 fully saturated rings. The van der Waals surface area contributed by atoms with Crippen LogP contribution >= 0.6 is 0 Å². The van der Waals surface area contributed by atoms with E-state index in [1.165, 1.54) is 18.2 Å². The average Bonchev–Trinajstić information content (AvgIpc) is 2.32. The first-order valence-corrected chi connectivity index (χ1v) is 5.08. The Balaban J connectivity index is 2.08. The summed E-state index contributed by atoms with van der Waals surface area (Å²) in [6, 6.07) is 11.0. The van der Waals surface area contributed by atoms with Gasteiger partial charge in [0.05, 0.1) is 0 Å². The molecule has 0 spiro atoms. The number of phenolic OH excluding ortho intramolecular Hbond substituents is 3. The van der Waals surface area contributed by atoms with Crippen molar-refractivity contribution in [3.8, 4) is 23.0 Å². The Morgan fingerprint density at radius 1 is 0.824 bits per heavy atom. The van der Waals surface area contributed by atoms with Crippen LogP contribution in [0.25, 0.3) is 0 Å². The second kappa shape index (κ2) is 4.65. The van der Waals surface area contributed by atoms with Gasteiger partial charge in [-0.05, 0) is 18.2 Å². The second-order valence-corrected chi connectivity index (χ2v) is 3.57. The number of ether oxygens (including phenoxy) is 1. The Hall–Kier alpha value is -2.36. The van der Waals surface area contributed by atoms with E-state index in [1.807, 2.05) is 0 Å². The molecule has 17 heavy (non-hydrogen) atoms. The summed E-state index contributed by atoms with van der Waals surface area (Å²) in [7, 11) is 0. The summed E-state index contributed by atoms with van der Waals surface area (Å²) in [5.41, 5.74) is 0.653. The molecule has 0 saturated carbocycles. The molecular formula is C13H12O4. The van der Waals surface area contributed by atoms with E-state index in [-0.39, 0.29) is 23.9 Å². The van der Waals surface area contributed by atoms with Crippen LogP contribution in [0.2, 0.25) is 0 Å². The zero-order valence-corrected chi connectivity index (χ0v) is 9.00. The molecule has 4 heteroatoms. The molecule has 4 nitrogen and oxygen atoms in total. The van der Waals surface area contributed by atoms with Gasteiger partial charge in [-0.1, -0.05) is 18.2 Å². The molecule has 0 radical (unpaired) electrons. The molecular weight excluding hydrogens is 220 g/mol. The molecule has 0 aromatic heterocycles. The highest BCUT2D eigenvalue weighted by atomic mass is 16.5. The molecule has 0 atom stereocenters. The third kappa shape index (κ3) is 2.60. The van der Waals surface area contributed by atoms with Crippen molar-refractivity contribution in [2.45, 2.75) is 6.61 Å². The van der Waals surface area contributed by atoms with Crippen LogP contribution in [0.5, 0.6) is 23.0 Å². The van der Waals surface area contributed by atoms with Gasteiger partial charge in [0, 0.05) is 11.6 Å². The minimum atomic E-state index is -0.236. The number of para-hydroxylation sites is 1. The van der Waals surface area contributed by atoms with Crippen molar-refractivity contribution in [3.05, 3.63) is 48.0 Å². The smallest absolute Gasteiger partial charge is 0.161 e. The molecule has 2 rings (SSSR count). The molecule has 2 aromatic rings. The van der Waals surface area contributed by atoms with Crippen molar-refractivity contribution in [3.63, 3.8) is 0 Å². The number of rotatable bonds is 3. The molecule has 3 N–H and O–H groups in total. The SMILES string of the molecule is Oc1ccc(OCc2ccccc2O)cc1O. The molecule has 2 aromatic carbocycles. The second-order valence-electron chi connectivity index (χ2n) is 3.57. The monoisotopic (exact) mass is 232 g/mol. The molecule has 0 amide bonds. The van der Waals surface area contributed by atoms with Crippen LogP contribution in [-0.2, 0) is 6.61 Å². The van der Waals surface area contributed by atoms with E-state index in [1.54, 1.807) is 24.3 Å². The van der Waals surface area contributed by atoms with E-state index in [9.17, 15) is 10.2 Å². The predicted octanol–water partition coefficient (Wildman–Crippen LogP) is 2.38. The van der Waals surface area contributed by atoms with Gasteiger partial charge < -0.3 is 20.1 Å². The summed E-state index contributed by atoms with van der Waals surface area (Å²) in [6.45, 7) is 0.191. The number of aromatic hydroxyl groups is 3. The third-order valence-electron chi connectivity index (χ3n) is 2.33. The summed E-state index contributed by atoms with van der Waals surface area (Å²) < 4.78 is 5.38. The number of hydrogen-bond donors (Lipinski definition) is 3. The highest BCUT2D eigenvalue weighted by Crippen LogP contribution is 2.29. The minimum absolute atomic E-state index is 0.163. The largest absolute Gasteiger partial charge is 0.508 e. The first kappa shape index (κ1) is 11.1. The van der Waals surface area contributed by atoms with Gasteiger partial charge in [-0.2, -0.15) is 0 Å². The van der Waals surface area contributed by atoms with E-state index in [0.717, 1.165) is 0 Å². The van der Waals surface area contributed by atoms with Gasteiger partial charge in [-0.3, -0.25) is 0 Å². The Morgan fingerprint density at radius 2 is 1.59 bits per heavy atom. The number of hydrogen-bond acceptors (Lipinski definition) is 4. The number of benzene rings is 2. The van der Waals surface area contributed by atoms with Gasteiger partial charge in [-0.15, -0.1) is 0 Å². The van der Waals surface area contributed by atoms with Crippen LogP contribution in [0.3, 0.4) is 0 Å². The molecule has 88 valence electrons. The third-order valence-corrected chi connectivity index (χ3v) is 2.33. The Morgan fingerprint density at radius 3 is 2.29 bits per heavy atom. The first-order valence-electron chi connectivity index (χ1n) is 5.08. The minimum Gasteiger partial charge on any atom is -0.508 e. The van der Waals surface area contributed by atoms with Crippen molar-refractivity contribution in [2.75, 3.05) is 0 Å². The van der Waals surface area contributed by atoms with E-state index in [2.05, 4.69) is 0 Å². The predicted molar refractivity (Wildman–Crippen MR) is 62.2 cm³/mol. The molecule has 0 heterocycles. The zero-order chi connectivity index (χ0) is 12.3. The topological polar surface area (TPSA) is 69.9 Å². The summed E-state index contributed by atoms with van der Waals surface area (Å²) in [5.74, 6) is 0.152. The summed E-state index contributed by atoms with van der Waals surface area (Å²) >= 11 is 0. The molecule has 0 bridgehead atoms. The van der Waals surface area contributed by atoms with Gasteiger partial charge in [0.25, 0.3) is 0 Å². The van der Waals surface area contributed by atoms with Crippen LogP contribution in [0.1, 0.15) is 5.56 Å². The quantitative estimate of drug-likeness (QED) is 0.710. The molecule has 0 saturated heterocycles. The highest BCUT2D eigenvalue weighted by Gasteiger charge is 2.03. The molecule has 0 unspecified atom stereocenters. The van der Waals surface area contributed by atoms with Crippen LogP contribution in [0.4, 0.5) is 0 Å². The fourth-order valence-electron chi connectivity index (χ4n) is 1.39. The fourth-order valence-corrected chi connectivity index (χ4v) is 1.39. The lowest BCUT2D eigenvalue weighted by atomic mass is 10.2. The summed E-state index contributed by atoms with van der Waals surface area (Å²) in [4.78, 5) is 0. The lowest BCUT2D eigenvalue weighted by molar-refractivity contribution is 0.296. The summed E-state index contributed by atoms with van der Waals surface area (Å²) in [5, 5.41) is 27.9. The van der Waals surface area contributed by atoms with Crippen molar-refractivity contribution < 1.29 is 20.1 Å². The van der Waals surface area contributed by atoms with Crippen LogP contribution < -0.4 is 4.74 Å². The zero-order valence-electron chi connectivity index (χ0n) is 9.00. The lowest BCUT2D eigenvalue weighted by Crippen LogP contribution is -1.95. The van der Waals surface area contributed by atoms with Gasteiger partial charge in [-0.25, -0.2) is 0 Å². The standard InChI is InChI=1S/C13H12O4/c14-11-4-2-1-3-9(11)8-17-10-5-6-12(15)13(16)7-10/h1-7,14-16H,8H2.